The monoisotopic (exact) mass is 286 g/mol. The molecule has 0 unspecified atom stereocenters. The second-order valence-electron chi connectivity index (χ2n) is 5.53. The molecule has 6 nitrogen and oxygen atoms in total. The summed E-state index contributed by atoms with van der Waals surface area (Å²) in [6.07, 6.45) is 5.23. The average Bonchev–Trinajstić information content (AvgIpc) is 3.04. The SMILES string of the molecule is CCCN1CCC(Nc2ccccc2-n2cnnn2)CC1. The van der Waals surface area contributed by atoms with Crippen LogP contribution in [0.15, 0.2) is 30.6 Å². The van der Waals surface area contributed by atoms with Crippen molar-refractivity contribution >= 4 is 5.69 Å². The van der Waals surface area contributed by atoms with E-state index in [4.69, 9.17) is 0 Å². The van der Waals surface area contributed by atoms with E-state index < -0.39 is 0 Å². The van der Waals surface area contributed by atoms with Crippen LogP contribution in [0.2, 0.25) is 0 Å². The van der Waals surface area contributed by atoms with E-state index in [0.29, 0.717) is 6.04 Å². The zero-order valence-corrected chi connectivity index (χ0v) is 12.4. The van der Waals surface area contributed by atoms with E-state index in [2.05, 4.69) is 38.7 Å². The molecule has 1 fully saturated rings. The topological polar surface area (TPSA) is 58.9 Å². The van der Waals surface area contributed by atoms with Gasteiger partial charge in [-0.1, -0.05) is 19.1 Å². The van der Waals surface area contributed by atoms with Gasteiger partial charge in [0.1, 0.15) is 6.33 Å². The number of piperidine rings is 1. The minimum atomic E-state index is 0.524. The molecule has 6 heteroatoms. The molecular formula is C15H22N6. The van der Waals surface area contributed by atoms with Gasteiger partial charge in [0.2, 0.25) is 0 Å². The van der Waals surface area contributed by atoms with Crippen LogP contribution < -0.4 is 5.32 Å². The van der Waals surface area contributed by atoms with Crippen molar-refractivity contribution in [3.63, 3.8) is 0 Å². The summed E-state index contributed by atoms with van der Waals surface area (Å²) in [6, 6.07) is 8.70. The van der Waals surface area contributed by atoms with E-state index in [1.54, 1.807) is 11.0 Å². The van der Waals surface area contributed by atoms with Crippen molar-refractivity contribution in [2.75, 3.05) is 25.0 Å². The third-order valence-corrected chi connectivity index (χ3v) is 3.99. The highest BCUT2D eigenvalue weighted by atomic mass is 15.5. The summed E-state index contributed by atoms with van der Waals surface area (Å²) in [6.45, 7) is 5.82. The van der Waals surface area contributed by atoms with Gasteiger partial charge >= 0.3 is 0 Å². The van der Waals surface area contributed by atoms with E-state index in [9.17, 15) is 0 Å². The van der Waals surface area contributed by atoms with Crippen LogP contribution in [0, 0.1) is 0 Å². The van der Waals surface area contributed by atoms with Crippen molar-refractivity contribution in [1.82, 2.24) is 25.1 Å². The fourth-order valence-electron chi connectivity index (χ4n) is 2.90. The summed E-state index contributed by atoms with van der Waals surface area (Å²) in [5.41, 5.74) is 2.09. The van der Waals surface area contributed by atoms with E-state index >= 15 is 0 Å². The molecule has 0 spiro atoms. The molecule has 0 radical (unpaired) electrons. The maximum absolute atomic E-state index is 3.98. The number of aromatic nitrogens is 4. The zero-order valence-electron chi connectivity index (χ0n) is 12.4. The largest absolute Gasteiger partial charge is 0.380 e. The second-order valence-corrected chi connectivity index (χ2v) is 5.53. The molecular weight excluding hydrogens is 264 g/mol. The summed E-state index contributed by atoms with van der Waals surface area (Å²) in [4.78, 5) is 2.55. The zero-order chi connectivity index (χ0) is 14.5. The van der Waals surface area contributed by atoms with Crippen LogP contribution in [0.1, 0.15) is 26.2 Å². The Morgan fingerprint density at radius 1 is 1.24 bits per heavy atom. The molecule has 1 aliphatic heterocycles. The lowest BCUT2D eigenvalue weighted by Crippen LogP contribution is -2.39. The Bertz CT molecular complexity index is 545. The van der Waals surface area contributed by atoms with Gasteiger partial charge in [0.15, 0.2) is 0 Å². The summed E-state index contributed by atoms with van der Waals surface area (Å²) in [5.74, 6) is 0. The van der Waals surface area contributed by atoms with Crippen molar-refractivity contribution < 1.29 is 0 Å². The van der Waals surface area contributed by atoms with Gasteiger partial charge in [-0.15, -0.1) is 5.10 Å². The summed E-state index contributed by atoms with van der Waals surface area (Å²) >= 11 is 0. The fourth-order valence-corrected chi connectivity index (χ4v) is 2.90. The Labute approximate surface area is 125 Å². The molecule has 1 aliphatic rings. The van der Waals surface area contributed by atoms with Crippen LogP contribution in [0.5, 0.6) is 0 Å². The standard InChI is InChI=1S/C15H22N6/c1-2-9-20-10-7-13(8-11-20)17-14-5-3-4-6-15(14)21-12-16-18-19-21/h3-6,12-13,17H,2,7-11H2,1H3. The molecule has 1 aromatic heterocycles. The lowest BCUT2D eigenvalue weighted by Gasteiger charge is -2.32. The smallest absolute Gasteiger partial charge is 0.143 e. The molecule has 2 aromatic rings. The van der Waals surface area contributed by atoms with E-state index in [1.807, 2.05) is 18.2 Å². The normalized spacial score (nSPS) is 17.0. The highest BCUT2D eigenvalue weighted by Gasteiger charge is 2.19. The van der Waals surface area contributed by atoms with Crippen LogP contribution >= 0.6 is 0 Å². The van der Waals surface area contributed by atoms with Crippen molar-refractivity contribution in [2.24, 2.45) is 0 Å². The molecule has 1 N–H and O–H groups in total. The maximum Gasteiger partial charge on any atom is 0.143 e. The quantitative estimate of drug-likeness (QED) is 0.910. The molecule has 21 heavy (non-hydrogen) atoms. The summed E-state index contributed by atoms with van der Waals surface area (Å²) in [7, 11) is 0. The number of para-hydroxylation sites is 2. The summed E-state index contributed by atoms with van der Waals surface area (Å²) in [5, 5.41) is 15.1. The third-order valence-electron chi connectivity index (χ3n) is 3.99. The van der Waals surface area contributed by atoms with Gasteiger partial charge < -0.3 is 10.2 Å². The van der Waals surface area contributed by atoms with Crippen LogP contribution in [-0.4, -0.2) is 50.8 Å². The fraction of sp³-hybridized carbons (Fsp3) is 0.533. The molecule has 0 bridgehead atoms. The Morgan fingerprint density at radius 3 is 2.76 bits per heavy atom. The van der Waals surface area contributed by atoms with Gasteiger partial charge in [0.05, 0.1) is 11.4 Å². The number of hydrogen-bond acceptors (Lipinski definition) is 5. The van der Waals surface area contributed by atoms with E-state index in [-0.39, 0.29) is 0 Å². The van der Waals surface area contributed by atoms with Crippen molar-refractivity contribution in [1.29, 1.82) is 0 Å². The predicted molar refractivity (Wildman–Crippen MR) is 82.5 cm³/mol. The van der Waals surface area contributed by atoms with Gasteiger partial charge in [-0.2, -0.15) is 4.68 Å². The lowest BCUT2D eigenvalue weighted by atomic mass is 10.0. The second kappa shape index (κ2) is 6.67. The molecule has 1 saturated heterocycles. The number of rotatable bonds is 5. The molecule has 0 amide bonds. The van der Waals surface area contributed by atoms with Crippen LogP contribution in [0.3, 0.4) is 0 Å². The number of nitrogens with zero attached hydrogens (tertiary/aromatic N) is 5. The number of benzene rings is 1. The van der Waals surface area contributed by atoms with Gasteiger partial charge in [-0.3, -0.25) is 0 Å². The van der Waals surface area contributed by atoms with Gasteiger partial charge in [0, 0.05) is 19.1 Å². The predicted octanol–water partition coefficient (Wildman–Crippen LogP) is 1.95. The molecule has 1 aromatic carbocycles. The van der Waals surface area contributed by atoms with Crippen LogP contribution in [0.4, 0.5) is 5.69 Å². The number of nitrogens with one attached hydrogen (secondary N) is 1. The number of likely N-dealkylation sites (tertiary alicyclic amines) is 1. The highest BCUT2D eigenvalue weighted by molar-refractivity contribution is 5.60. The highest BCUT2D eigenvalue weighted by Crippen LogP contribution is 2.22. The van der Waals surface area contributed by atoms with Gasteiger partial charge in [0.25, 0.3) is 0 Å². The Morgan fingerprint density at radius 2 is 2.05 bits per heavy atom. The van der Waals surface area contributed by atoms with E-state index in [1.165, 1.54) is 38.9 Å². The minimum Gasteiger partial charge on any atom is -0.380 e. The number of hydrogen-bond donors (Lipinski definition) is 1. The average molecular weight is 286 g/mol. The van der Waals surface area contributed by atoms with Gasteiger partial charge in [-0.05, 0) is 48.4 Å². The number of anilines is 1. The minimum absolute atomic E-state index is 0.524. The first-order valence-electron chi connectivity index (χ1n) is 7.68. The molecule has 112 valence electrons. The maximum atomic E-state index is 3.98. The molecule has 0 atom stereocenters. The third kappa shape index (κ3) is 3.39. The van der Waals surface area contributed by atoms with Crippen molar-refractivity contribution in [3.05, 3.63) is 30.6 Å². The molecule has 3 rings (SSSR count). The first-order valence-corrected chi connectivity index (χ1v) is 7.68. The van der Waals surface area contributed by atoms with E-state index in [0.717, 1.165) is 11.4 Å². The summed E-state index contributed by atoms with van der Waals surface area (Å²) < 4.78 is 1.70. The Kier molecular flexibility index (Phi) is 4.45. The molecule has 0 saturated carbocycles. The van der Waals surface area contributed by atoms with Crippen LogP contribution in [-0.2, 0) is 0 Å². The number of tetrazole rings is 1. The van der Waals surface area contributed by atoms with Crippen LogP contribution in [0.25, 0.3) is 5.69 Å². The first-order chi connectivity index (χ1) is 10.4. The van der Waals surface area contributed by atoms with Crippen molar-refractivity contribution in [3.8, 4) is 5.69 Å². The Balaban J connectivity index is 1.66. The van der Waals surface area contributed by atoms with Crippen molar-refractivity contribution in [2.45, 2.75) is 32.2 Å². The molecule has 2 heterocycles. The lowest BCUT2D eigenvalue weighted by molar-refractivity contribution is 0.219. The Hall–Kier alpha value is -1.95. The molecule has 0 aliphatic carbocycles. The van der Waals surface area contributed by atoms with Gasteiger partial charge in [-0.25, -0.2) is 0 Å². The first kappa shape index (κ1) is 14.0.